The first-order valence-corrected chi connectivity index (χ1v) is 7.44. The molecule has 1 heterocycles. The number of likely N-dealkylation sites (N-methyl/N-ethyl adjacent to an activating group) is 1. The van der Waals surface area contributed by atoms with Gasteiger partial charge >= 0.3 is 0 Å². The predicted octanol–water partition coefficient (Wildman–Crippen LogP) is 2.66. The summed E-state index contributed by atoms with van der Waals surface area (Å²) in [4.78, 5) is 14.7. The molecule has 0 spiro atoms. The van der Waals surface area contributed by atoms with E-state index in [0.29, 0.717) is 11.8 Å². The van der Waals surface area contributed by atoms with Gasteiger partial charge in [-0.15, -0.1) is 0 Å². The van der Waals surface area contributed by atoms with Gasteiger partial charge in [0.05, 0.1) is 6.04 Å². The summed E-state index contributed by atoms with van der Waals surface area (Å²) in [5.41, 5.74) is 0.0816. The Morgan fingerprint density at radius 2 is 2.11 bits per heavy atom. The molecule has 1 amide bonds. The molecule has 1 rings (SSSR count). The lowest BCUT2D eigenvalue weighted by atomic mass is 9.77. The van der Waals surface area contributed by atoms with Crippen LogP contribution in [0.2, 0.25) is 0 Å². The zero-order valence-corrected chi connectivity index (χ0v) is 12.8. The standard InChI is InChI=1S/C15H30N2O/c1-6-12(3)11-17(7-2)14(18)13-15(4,5)9-8-10-16-13/h12-13,16H,6-11H2,1-5H3. The lowest BCUT2D eigenvalue weighted by Gasteiger charge is -2.41. The van der Waals surface area contributed by atoms with Gasteiger partial charge in [0.2, 0.25) is 5.91 Å². The third kappa shape index (κ3) is 3.71. The van der Waals surface area contributed by atoms with Crippen molar-refractivity contribution in [2.24, 2.45) is 11.3 Å². The van der Waals surface area contributed by atoms with Crippen molar-refractivity contribution in [2.75, 3.05) is 19.6 Å². The summed E-state index contributed by atoms with van der Waals surface area (Å²) in [5.74, 6) is 0.878. The molecule has 0 aromatic rings. The molecule has 1 N–H and O–H groups in total. The molecule has 1 fully saturated rings. The Hall–Kier alpha value is -0.570. The SMILES string of the molecule is CCC(C)CN(CC)C(=O)C1NCCCC1(C)C. The van der Waals surface area contributed by atoms with Gasteiger partial charge in [-0.3, -0.25) is 4.79 Å². The van der Waals surface area contributed by atoms with E-state index in [4.69, 9.17) is 0 Å². The van der Waals surface area contributed by atoms with Gasteiger partial charge in [0.15, 0.2) is 0 Å². The number of nitrogens with zero attached hydrogens (tertiary/aromatic N) is 1. The van der Waals surface area contributed by atoms with Crippen LogP contribution in [-0.2, 0) is 4.79 Å². The minimum atomic E-state index is -0.00439. The highest BCUT2D eigenvalue weighted by atomic mass is 16.2. The number of carbonyl (C=O) groups excluding carboxylic acids is 1. The zero-order chi connectivity index (χ0) is 13.8. The van der Waals surface area contributed by atoms with Crippen LogP contribution in [0.1, 0.15) is 53.9 Å². The molecule has 0 saturated carbocycles. The van der Waals surface area contributed by atoms with Gasteiger partial charge in [0.1, 0.15) is 0 Å². The summed E-state index contributed by atoms with van der Waals surface area (Å²) in [7, 11) is 0. The van der Waals surface area contributed by atoms with E-state index < -0.39 is 0 Å². The Balaban J connectivity index is 2.70. The second-order valence-electron chi connectivity index (χ2n) is 6.37. The minimum Gasteiger partial charge on any atom is -0.341 e. The highest BCUT2D eigenvalue weighted by molar-refractivity contribution is 5.83. The van der Waals surface area contributed by atoms with Gasteiger partial charge in [-0.05, 0) is 37.6 Å². The average Bonchev–Trinajstić information content (AvgIpc) is 2.34. The van der Waals surface area contributed by atoms with Gasteiger partial charge in [0.25, 0.3) is 0 Å². The maximum Gasteiger partial charge on any atom is 0.240 e. The number of hydrogen-bond donors (Lipinski definition) is 1. The van der Waals surface area contributed by atoms with Crippen LogP contribution in [-0.4, -0.2) is 36.5 Å². The number of nitrogens with one attached hydrogen (secondary N) is 1. The van der Waals surface area contributed by atoms with Crippen molar-refractivity contribution >= 4 is 5.91 Å². The molecular weight excluding hydrogens is 224 g/mol. The second kappa shape index (κ2) is 6.55. The van der Waals surface area contributed by atoms with E-state index in [9.17, 15) is 4.79 Å². The molecule has 2 atom stereocenters. The molecule has 2 unspecified atom stereocenters. The number of piperidine rings is 1. The third-order valence-electron chi connectivity index (χ3n) is 4.30. The van der Waals surface area contributed by atoms with Crippen LogP contribution >= 0.6 is 0 Å². The molecular formula is C15H30N2O. The molecule has 0 aromatic heterocycles. The summed E-state index contributed by atoms with van der Waals surface area (Å²) in [6.45, 7) is 13.6. The van der Waals surface area contributed by atoms with Crippen molar-refractivity contribution in [3.8, 4) is 0 Å². The quantitative estimate of drug-likeness (QED) is 0.818. The summed E-state index contributed by atoms with van der Waals surface area (Å²) < 4.78 is 0. The van der Waals surface area contributed by atoms with Crippen LogP contribution in [0, 0.1) is 11.3 Å². The Morgan fingerprint density at radius 1 is 1.44 bits per heavy atom. The molecule has 1 saturated heterocycles. The first-order chi connectivity index (χ1) is 8.42. The van der Waals surface area contributed by atoms with Gasteiger partial charge in [0, 0.05) is 13.1 Å². The highest BCUT2D eigenvalue weighted by Crippen LogP contribution is 2.31. The van der Waals surface area contributed by atoms with Gasteiger partial charge in [-0.1, -0.05) is 34.1 Å². The van der Waals surface area contributed by atoms with E-state index in [-0.39, 0.29) is 11.5 Å². The molecule has 18 heavy (non-hydrogen) atoms. The molecule has 0 bridgehead atoms. The Kier molecular flexibility index (Phi) is 5.64. The van der Waals surface area contributed by atoms with Gasteiger partial charge in [-0.2, -0.15) is 0 Å². The maximum absolute atomic E-state index is 12.7. The molecule has 0 aromatic carbocycles. The molecule has 106 valence electrons. The topological polar surface area (TPSA) is 32.3 Å². The largest absolute Gasteiger partial charge is 0.341 e. The van der Waals surface area contributed by atoms with E-state index in [1.54, 1.807) is 0 Å². The van der Waals surface area contributed by atoms with E-state index >= 15 is 0 Å². The van der Waals surface area contributed by atoms with Crippen LogP contribution < -0.4 is 5.32 Å². The molecule has 0 radical (unpaired) electrons. The number of rotatable bonds is 5. The normalized spacial score (nSPS) is 24.6. The highest BCUT2D eigenvalue weighted by Gasteiger charge is 2.38. The molecule has 3 nitrogen and oxygen atoms in total. The molecule has 0 aliphatic carbocycles. The fourth-order valence-corrected chi connectivity index (χ4v) is 2.70. The molecule has 1 aliphatic heterocycles. The Bertz CT molecular complexity index is 276. The van der Waals surface area contributed by atoms with Crippen molar-refractivity contribution in [3.63, 3.8) is 0 Å². The van der Waals surface area contributed by atoms with Gasteiger partial charge in [-0.25, -0.2) is 0 Å². The van der Waals surface area contributed by atoms with Crippen LogP contribution in [0.25, 0.3) is 0 Å². The van der Waals surface area contributed by atoms with E-state index in [0.717, 1.165) is 32.5 Å². The fraction of sp³-hybridized carbons (Fsp3) is 0.933. The first kappa shape index (κ1) is 15.5. The molecule has 1 aliphatic rings. The fourth-order valence-electron chi connectivity index (χ4n) is 2.70. The van der Waals surface area contributed by atoms with Crippen molar-refractivity contribution in [2.45, 2.75) is 59.9 Å². The van der Waals surface area contributed by atoms with Crippen LogP contribution in [0.5, 0.6) is 0 Å². The predicted molar refractivity (Wildman–Crippen MR) is 76.5 cm³/mol. The lowest BCUT2D eigenvalue weighted by molar-refractivity contribution is -0.137. The monoisotopic (exact) mass is 254 g/mol. The van der Waals surface area contributed by atoms with Crippen LogP contribution in [0.4, 0.5) is 0 Å². The van der Waals surface area contributed by atoms with Crippen molar-refractivity contribution in [3.05, 3.63) is 0 Å². The number of hydrogen-bond acceptors (Lipinski definition) is 2. The summed E-state index contributed by atoms with van der Waals surface area (Å²) in [6, 6.07) is -0.00439. The van der Waals surface area contributed by atoms with Gasteiger partial charge < -0.3 is 10.2 Å². The summed E-state index contributed by atoms with van der Waals surface area (Å²) in [6.07, 6.45) is 3.44. The Labute approximate surface area is 112 Å². The van der Waals surface area contributed by atoms with Crippen molar-refractivity contribution in [1.29, 1.82) is 0 Å². The average molecular weight is 254 g/mol. The smallest absolute Gasteiger partial charge is 0.240 e. The van der Waals surface area contributed by atoms with Crippen LogP contribution in [0.15, 0.2) is 0 Å². The summed E-state index contributed by atoms with van der Waals surface area (Å²) in [5, 5.41) is 3.42. The minimum absolute atomic E-state index is 0.00439. The van der Waals surface area contributed by atoms with Crippen LogP contribution in [0.3, 0.4) is 0 Å². The Morgan fingerprint density at radius 3 is 2.61 bits per heavy atom. The maximum atomic E-state index is 12.7. The lowest BCUT2D eigenvalue weighted by Crippen LogP contribution is -2.57. The zero-order valence-electron chi connectivity index (χ0n) is 12.8. The van der Waals surface area contributed by atoms with Crippen molar-refractivity contribution in [1.82, 2.24) is 10.2 Å². The van der Waals surface area contributed by atoms with E-state index in [1.165, 1.54) is 6.42 Å². The number of carbonyl (C=O) groups is 1. The second-order valence-corrected chi connectivity index (χ2v) is 6.37. The number of amides is 1. The van der Waals surface area contributed by atoms with E-state index in [1.807, 2.05) is 4.90 Å². The van der Waals surface area contributed by atoms with E-state index in [2.05, 4.69) is 39.9 Å². The molecule has 3 heteroatoms. The third-order valence-corrected chi connectivity index (χ3v) is 4.30. The first-order valence-electron chi connectivity index (χ1n) is 7.44. The summed E-state index contributed by atoms with van der Waals surface area (Å²) >= 11 is 0. The van der Waals surface area contributed by atoms with Crippen molar-refractivity contribution < 1.29 is 4.79 Å².